The third kappa shape index (κ3) is 4.12. The van der Waals surface area contributed by atoms with E-state index >= 15 is 0 Å². The topological polar surface area (TPSA) is 50.7 Å². The molecule has 2 aromatic carbocycles. The molecular formula is C24H31NO3. The summed E-state index contributed by atoms with van der Waals surface area (Å²) >= 11 is 0. The summed E-state index contributed by atoms with van der Waals surface area (Å²) in [6, 6.07) is 13.9. The van der Waals surface area contributed by atoms with E-state index in [0.717, 1.165) is 62.4 Å². The van der Waals surface area contributed by atoms with Gasteiger partial charge in [0, 0.05) is 17.5 Å². The van der Waals surface area contributed by atoms with Gasteiger partial charge < -0.3 is 19.9 Å². The molecule has 2 aliphatic heterocycles. The van der Waals surface area contributed by atoms with E-state index in [0.29, 0.717) is 11.7 Å². The highest BCUT2D eigenvalue weighted by Crippen LogP contribution is 2.48. The fraction of sp³-hybridized carbons (Fsp3) is 0.500. The quantitative estimate of drug-likeness (QED) is 0.777. The number of hydrogen-bond donors (Lipinski definition) is 2. The van der Waals surface area contributed by atoms with Crippen LogP contribution in [0.15, 0.2) is 42.5 Å². The molecule has 0 amide bonds. The van der Waals surface area contributed by atoms with Crippen LogP contribution in [0.5, 0.6) is 17.2 Å². The molecule has 0 radical (unpaired) electrons. The molecule has 0 aliphatic carbocycles. The summed E-state index contributed by atoms with van der Waals surface area (Å²) in [6.07, 6.45) is 3.98. The van der Waals surface area contributed by atoms with Crippen molar-refractivity contribution in [2.24, 2.45) is 5.92 Å². The summed E-state index contributed by atoms with van der Waals surface area (Å²) in [6.45, 7) is 7.10. The average molecular weight is 382 g/mol. The third-order valence-corrected chi connectivity index (χ3v) is 6.01. The standard InChI is InChI=1S/C24H31NO3/c1-17(2)8-13-27-20-6-7-21-22(18-4-3-5-19(26)14-18)16-24(28-23(21)15-20)9-11-25-12-10-24/h3-7,14-15,17,22,25-26H,8-13,16H2,1-2H3. The maximum atomic E-state index is 10.0. The van der Waals surface area contributed by atoms with Crippen LogP contribution in [0.3, 0.4) is 0 Å². The second-order valence-corrected chi connectivity index (χ2v) is 8.62. The Morgan fingerprint density at radius 3 is 2.75 bits per heavy atom. The van der Waals surface area contributed by atoms with Crippen molar-refractivity contribution in [2.45, 2.75) is 51.0 Å². The Balaban J connectivity index is 1.66. The number of ether oxygens (including phenoxy) is 2. The van der Waals surface area contributed by atoms with Crippen LogP contribution in [0.4, 0.5) is 0 Å². The van der Waals surface area contributed by atoms with Crippen molar-refractivity contribution in [2.75, 3.05) is 19.7 Å². The molecule has 1 fully saturated rings. The first-order valence-electron chi connectivity index (χ1n) is 10.5. The lowest BCUT2D eigenvalue weighted by atomic mass is 9.75. The third-order valence-electron chi connectivity index (χ3n) is 6.01. The van der Waals surface area contributed by atoms with Crippen LogP contribution in [0.2, 0.25) is 0 Å². The smallest absolute Gasteiger partial charge is 0.127 e. The zero-order valence-corrected chi connectivity index (χ0v) is 16.9. The van der Waals surface area contributed by atoms with Gasteiger partial charge in [-0.3, -0.25) is 0 Å². The lowest BCUT2D eigenvalue weighted by Crippen LogP contribution is -2.49. The van der Waals surface area contributed by atoms with E-state index in [1.807, 2.05) is 12.1 Å². The van der Waals surface area contributed by atoms with Crippen LogP contribution in [-0.4, -0.2) is 30.4 Å². The number of aromatic hydroxyl groups is 1. The van der Waals surface area contributed by atoms with Crippen molar-refractivity contribution in [1.29, 1.82) is 0 Å². The van der Waals surface area contributed by atoms with Crippen LogP contribution < -0.4 is 14.8 Å². The van der Waals surface area contributed by atoms with E-state index < -0.39 is 0 Å². The van der Waals surface area contributed by atoms with Gasteiger partial charge in [-0.25, -0.2) is 0 Å². The SMILES string of the molecule is CC(C)CCOc1ccc2c(c1)OC1(CCNCC1)CC2c1cccc(O)c1. The molecule has 4 rings (SSSR count). The second kappa shape index (κ2) is 8.04. The molecule has 1 saturated heterocycles. The lowest BCUT2D eigenvalue weighted by Gasteiger charge is -2.45. The van der Waals surface area contributed by atoms with Crippen molar-refractivity contribution in [3.8, 4) is 17.2 Å². The Morgan fingerprint density at radius 2 is 2.00 bits per heavy atom. The molecule has 1 unspecified atom stereocenters. The van der Waals surface area contributed by atoms with Gasteiger partial charge in [-0.2, -0.15) is 0 Å². The molecule has 2 aromatic rings. The van der Waals surface area contributed by atoms with Crippen molar-refractivity contribution in [3.63, 3.8) is 0 Å². The molecule has 150 valence electrons. The Hall–Kier alpha value is -2.20. The predicted molar refractivity (Wildman–Crippen MR) is 111 cm³/mol. The molecule has 0 aromatic heterocycles. The van der Waals surface area contributed by atoms with E-state index in [4.69, 9.17) is 9.47 Å². The minimum atomic E-state index is -0.148. The first-order valence-corrected chi connectivity index (χ1v) is 10.5. The monoisotopic (exact) mass is 381 g/mol. The average Bonchev–Trinajstić information content (AvgIpc) is 2.67. The van der Waals surface area contributed by atoms with Crippen LogP contribution in [0, 0.1) is 5.92 Å². The van der Waals surface area contributed by atoms with Crippen LogP contribution in [0.25, 0.3) is 0 Å². The summed E-state index contributed by atoms with van der Waals surface area (Å²) in [4.78, 5) is 0. The fourth-order valence-corrected chi connectivity index (χ4v) is 4.38. The summed E-state index contributed by atoms with van der Waals surface area (Å²) < 4.78 is 12.6. The molecule has 2 heterocycles. The van der Waals surface area contributed by atoms with Gasteiger partial charge in [-0.15, -0.1) is 0 Å². The summed E-state index contributed by atoms with van der Waals surface area (Å²) in [5.74, 6) is 2.97. The molecule has 2 aliphatic rings. The maximum absolute atomic E-state index is 10.0. The van der Waals surface area contributed by atoms with Gasteiger partial charge >= 0.3 is 0 Å². The van der Waals surface area contributed by atoms with Gasteiger partial charge in [0.05, 0.1) is 6.61 Å². The Morgan fingerprint density at radius 1 is 1.18 bits per heavy atom. The molecule has 4 heteroatoms. The van der Waals surface area contributed by atoms with Crippen molar-refractivity contribution >= 4 is 0 Å². The second-order valence-electron chi connectivity index (χ2n) is 8.62. The van der Waals surface area contributed by atoms with Crippen molar-refractivity contribution in [3.05, 3.63) is 53.6 Å². The minimum absolute atomic E-state index is 0.148. The number of nitrogens with one attached hydrogen (secondary N) is 1. The van der Waals surface area contributed by atoms with Crippen LogP contribution in [0.1, 0.15) is 56.6 Å². The molecule has 0 bridgehead atoms. The Labute approximate surface area is 167 Å². The Bertz CT molecular complexity index is 811. The fourth-order valence-electron chi connectivity index (χ4n) is 4.38. The molecular weight excluding hydrogens is 350 g/mol. The zero-order valence-electron chi connectivity index (χ0n) is 16.9. The lowest BCUT2D eigenvalue weighted by molar-refractivity contribution is 0.0111. The van der Waals surface area contributed by atoms with Gasteiger partial charge in [0.15, 0.2) is 0 Å². The molecule has 1 spiro atoms. The number of hydrogen-bond acceptors (Lipinski definition) is 4. The van der Waals surface area contributed by atoms with Crippen LogP contribution >= 0.6 is 0 Å². The van der Waals surface area contributed by atoms with Gasteiger partial charge in [0.1, 0.15) is 22.8 Å². The van der Waals surface area contributed by atoms with Crippen molar-refractivity contribution < 1.29 is 14.6 Å². The van der Waals surface area contributed by atoms with Gasteiger partial charge in [-0.05, 0) is 68.5 Å². The maximum Gasteiger partial charge on any atom is 0.127 e. The van der Waals surface area contributed by atoms with Gasteiger partial charge in [-0.1, -0.05) is 32.0 Å². The summed E-state index contributed by atoms with van der Waals surface area (Å²) in [5, 5.41) is 13.5. The number of benzene rings is 2. The molecule has 1 atom stereocenters. The summed E-state index contributed by atoms with van der Waals surface area (Å²) in [7, 11) is 0. The molecule has 28 heavy (non-hydrogen) atoms. The summed E-state index contributed by atoms with van der Waals surface area (Å²) in [5.41, 5.74) is 2.19. The van der Waals surface area contributed by atoms with Gasteiger partial charge in [0.2, 0.25) is 0 Å². The largest absolute Gasteiger partial charge is 0.508 e. The number of piperidine rings is 1. The van der Waals surface area contributed by atoms with E-state index in [-0.39, 0.29) is 11.5 Å². The van der Waals surface area contributed by atoms with E-state index in [9.17, 15) is 5.11 Å². The first kappa shape index (κ1) is 19.1. The Kier molecular flexibility index (Phi) is 5.49. The zero-order chi connectivity index (χ0) is 19.6. The molecule has 0 saturated carbocycles. The van der Waals surface area contributed by atoms with Gasteiger partial charge in [0.25, 0.3) is 0 Å². The number of rotatable bonds is 5. The van der Waals surface area contributed by atoms with Crippen molar-refractivity contribution in [1.82, 2.24) is 5.32 Å². The molecule has 4 nitrogen and oxygen atoms in total. The van der Waals surface area contributed by atoms with Crippen LogP contribution in [-0.2, 0) is 0 Å². The highest BCUT2D eigenvalue weighted by molar-refractivity contribution is 5.49. The number of phenols is 1. The molecule has 2 N–H and O–H groups in total. The first-order chi connectivity index (χ1) is 13.5. The highest BCUT2D eigenvalue weighted by Gasteiger charge is 2.42. The van der Waals surface area contributed by atoms with E-state index in [1.54, 1.807) is 6.07 Å². The number of fused-ring (bicyclic) bond motifs is 1. The van der Waals surface area contributed by atoms with E-state index in [2.05, 4.69) is 43.4 Å². The highest BCUT2D eigenvalue weighted by atomic mass is 16.5. The predicted octanol–water partition coefficient (Wildman–Crippen LogP) is 4.85. The minimum Gasteiger partial charge on any atom is -0.508 e. The van der Waals surface area contributed by atoms with E-state index in [1.165, 1.54) is 5.56 Å². The normalized spacial score (nSPS) is 20.6. The number of phenolic OH excluding ortho intramolecular Hbond substituents is 1.